The number of ketones is 1. The molecule has 0 aliphatic carbocycles. The zero-order valence-electron chi connectivity index (χ0n) is 8.00. The summed E-state index contributed by atoms with van der Waals surface area (Å²) >= 11 is 6.65. The highest BCUT2D eigenvalue weighted by molar-refractivity contribution is 7.27. The van der Waals surface area contributed by atoms with Gasteiger partial charge in [0.05, 0.1) is 0 Å². The van der Waals surface area contributed by atoms with Crippen LogP contribution in [-0.4, -0.2) is 13.2 Å². The molecule has 1 fully saturated rings. The van der Waals surface area contributed by atoms with Gasteiger partial charge >= 0.3 is 0 Å². The Morgan fingerprint density at radius 1 is 1.07 bits per heavy atom. The van der Waals surface area contributed by atoms with E-state index in [-0.39, 0.29) is 0 Å². The molecule has 1 saturated heterocycles. The minimum Gasteiger partial charge on any atom is -0.300 e. The summed E-state index contributed by atoms with van der Waals surface area (Å²) in [5.74, 6) is 0.379. The third kappa shape index (κ3) is 1.91. The van der Waals surface area contributed by atoms with Crippen molar-refractivity contribution in [3.05, 3.63) is 30.3 Å². The van der Waals surface area contributed by atoms with Gasteiger partial charge in [0.25, 0.3) is 0 Å². The van der Waals surface area contributed by atoms with Gasteiger partial charge in [-0.15, -0.1) is 0 Å². The van der Waals surface area contributed by atoms with E-state index in [0.29, 0.717) is 18.6 Å². The number of hydrogen-bond donors (Lipinski definition) is 0. The Kier molecular flexibility index (Phi) is 2.75. The van der Waals surface area contributed by atoms with Gasteiger partial charge < -0.3 is 0 Å². The molecule has 0 radical (unpaired) electrons. The third-order valence-corrected chi connectivity index (χ3v) is 8.13. The highest BCUT2D eigenvalue weighted by Crippen LogP contribution is 2.29. The molecule has 0 unspecified atom stereocenters. The summed E-state index contributed by atoms with van der Waals surface area (Å²) < 4.78 is 0. The van der Waals surface area contributed by atoms with Crippen LogP contribution in [0.25, 0.3) is 0 Å². The molecule has 74 valence electrons. The Bertz CT molecular complexity index is 326. The molecule has 3 heteroatoms. The Hall–Kier alpha value is -0.603. The van der Waals surface area contributed by atoms with E-state index < -0.39 is 7.38 Å². The van der Waals surface area contributed by atoms with Crippen molar-refractivity contribution in [1.82, 2.24) is 0 Å². The maximum Gasteiger partial charge on any atom is 0.187 e. The van der Waals surface area contributed by atoms with Crippen LogP contribution in [0.4, 0.5) is 0 Å². The van der Waals surface area contributed by atoms with Crippen LogP contribution in [0.5, 0.6) is 0 Å². The van der Waals surface area contributed by atoms with E-state index in [2.05, 4.69) is 12.1 Å². The highest BCUT2D eigenvalue weighted by atomic mass is 35.6. The number of rotatable bonds is 1. The molecule has 1 nitrogen and oxygen atoms in total. The van der Waals surface area contributed by atoms with E-state index in [4.69, 9.17) is 11.1 Å². The van der Waals surface area contributed by atoms with Crippen LogP contribution in [0.2, 0.25) is 12.1 Å². The maximum absolute atomic E-state index is 11.1. The molecule has 0 saturated carbocycles. The molecular weight excluding hydrogens is 212 g/mol. The number of carbonyl (C=O) groups is 1. The second kappa shape index (κ2) is 3.87. The van der Waals surface area contributed by atoms with Gasteiger partial charge in [-0.2, -0.15) is 11.1 Å². The Morgan fingerprint density at radius 3 is 2.21 bits per heavy atom. The minimum atomic E-state index is -1.80. The summed E-state index contributed by atoms with van der Waals surface area (Å²) in [5, 5.41) is 1.29. The molecule has 0 spiro atoms. The number of Topliss-reactive ketones (excluding diaryl/α,β-unsaturated/α-hetero) is 1. The molecule has 1 aromatic carbocycles. The van der Waals surface area contributed by atoms with Crippen molar-refractivity contribution in [2.24, 2.45) is 0 Å². The SMILES string of the molecule is O=C1CC[Si](Cl)(c2ccccc2)CC1. The molecule has 0 atom stereocenters. The molecule has 0 amide bonds. The fraction of sp³-hybridized carbons (Fsp3) is 0.364. The summed E-state index contributed by atoms with van der Waals surface area (Å²) in [5.41, 5.74) is 0. The van der Waals surface area contributed by atoms with Crippen molar-refractivity contribution < 1.29 is 4.79 Å². The monoisotopic (exact) mass is 224 g/mol. The molecule has 1 aliphatic rings. The van der Waals surface area contributed by atoms with Crippen molar-refractivity contribution >= 4 is 29.4 Å². The van der Waals surface area contributed by atoms with Crippen LogP contribution >= 0.6 is 11.1 Å². The van der Waals surface area contributed by atoms with Crippen molar-refractivity contribution in [2.75, 3.05) is 0 Å². The second-order valence-electron chi connectivity index (χ2n) is 3.87. The van der Waals surface area contributed by atoms with E-state index in [1.165, 1.54) is 5.19 Å². The lowest BCUT2D eigenvalue weighted by molar-refractivity contribution is -0.118. The van der Waals surface area contributed by atoms with Crippen molar-refractivity contribution in [3.63, 3.8) is 0 Å². The molecule has 0 aromatic heterocycles. The fourth-order valence-corrected chi connectivity index (χ4v) is 5.86. The number of halogens is 1. The summed E-state index contributed by atoms with van der Waals surface area (Å²) in [4.78, 5) is 11.1. The van der Waals surface area contributed by atoms with Gasteiger partial charge in [0.1, 0.15) is 5.78 Å². The summed E-state index contributed by atoms with van der Waals surface area (Å²) in [7, 11) is -1.80. The van der Waals surface area contributed by atoms with Crippen LogP contribution in [0, 0.1) is 0 Å². The summed E-state index contributed by atoms with van der Waals surface area (Å²) in [6, 6.07) is 12.1. The average Bonchev–Trinajstić information content (AvgIpc) is 2.24. The van der Waals surface area contributed by atoms with Crippen molar-refractivity contribution in [2.45, 2.75) is 24.9 Å². The molecule has 0 bridgehead atoms. The molecule has 1 aromatic rings. The summed E-state index contributed by atoms with van der Waals surface area (Å²) in [6.07, 6.45) is 1.37. The predicted molar refractivity (Wildman–Crippen MR) is 61.5 cm³/mol. The first-order valence-corrected chi connectivity index (χ1v) is 8.39. The lowest BCUT2D eigenvalue weighted by Crippen LogP contribution is -2.45. The lowest BCUT2D eigenvalue weighted by Gasteiger charge is -2.28. The Morgan fingerprint density at radius 2 is 1.64 bits per heavy atom. The minimum absolute atomic E-state index is 0.379. The molecular formula is C11H13ClOSi. The van der Waals surface area contributed by atoms with Gasteiger partial charge in [0.15, 0.2) is 7.38 Å². The topological polar surface area (TPSA) is 17.1 Å². The first-order chi connectivity index (χ1) is 6.71. The van der Waals surface area contributed by atoms with Gasteiger partial charge in [0, 0.05) is 12.8 Å². The molecule has 1 heterocycles. The molecule has 14 heavy (non-hydrogen) atoms. The average molecular weight is 225 g/mol. The molecule has 2 rings (SSSR count). The smallest absolute Gasteiger partial charge is 0.187 e. The third-order valence-electron chi connectivity index (χ3n) is 2.89. The van der Waals surface area contributed by atoms with Crippen LogP contribution in [0.1, 0.15) is 12.8 Å². The second-order valence-corrected chi connectivity index (χ2v) is 9.55. The van der Waals surface area contributed by atoms with E-state index in [0.717, 1.165) is 12.1 Å². The molecule has 0 N–H and O–H groups in total. The van der Waals surface area contributed by atoms with Gasteiger partial charge in [-0.3, -0.25) is 4.79 Å². The highest BCUT2D eigenvalue weighted by Gasteiger charge is 2.36. The van der Waals surface area contributed by atoms with Crippen molar-refractivity contribution in [1.29, 1.82) is 0 Å². The maximum atomic E-state index is 11.1. The van der Waals surface area contributed by atoms with Gasteiger partial charge in [-0.05, 0) is 17.3 Å². The van der Waals surface area contributed by atoms with Crippen molar-refractivity contribution in [3.8, 4) is 0 Å². The van der Waals surface area contributed by atoms with E-state index in [1.54, 1.807) is 0 Å². The van der Waals surface area contributed by atoms with Gasteiger partial charge in [0.2, 0.25) is 0 Å². The quantitative estimate of drug-likeness (QED) is 0.529. The Labute approximate surface area is 89.8 Å². The van der Waals surface area contributed by atoms with Crippen LogP contribution < -0.4 is 5.19 Å². The van der Waals surface area contributed by atoms with E-state index in [9.17, 15) is 4.79 Å². The Balaban J connectivity index is 2.21. The standard InChI is InChI=1S/C11H13ClOSi/c12-14(8-6-10(13)7-9-14)11-4-2-1-3-5-11/h1-5H,6-9H2. The summed E-state index contributed by atoms with van der Waals surface area (Å²) in [6.45, 7) is 0. The van der Waals surface area contributed by atoms with Crippen LogP contribution in [-0.2, 0) is 4.79 Å². The fourth-order valence-electron chi connectivity index (χ4n) is 1.95. The van der Waals surface area contributed by atoms with E-state index in [1.807, 2.05) is 18.2 Å². The van der Waals surface area contributed by atoms with E-state index >= 15 is 0 Å². The number of benzene rings is 1. The first kappa shape index (κ1) is 9.93. The molecule has 1 aliphatic heterocycles. The number of carbonyl (C=O) groups excluding carboxylic acids is 1. The van der Waals surface area contributed by atoms with Gasteiger partial charge in [-0.1, -0.05) is 30.3 Å². The van der Waals surface area contributed by atoms with Gasteiger partial charge in [-0.25, -0.2) is 0 Å². The largest absolute Gasteiger partial charge is 0.300 e. The number of hydrogen-bond acceptors (Lipinski definition) is 1. The van der Waals surface area contributed by atoms with Crippen LogP contribution in [0.15, 0.2) is 30.3 Å². The predicted octanol–water partition coefficient (Wildman–Crippen LogP) is 2.44. The normalized spacial score (nSPS) is 20.8. The van der Waals surface area contributed by atoms with Crippen LogP contribution in [0.3, 0.4) is 0 Å². The zero-order chi connectivity index (χ0) is 10.0. The first-order valence-electron chi connectivity index (χ1n) is 4.97. The lowest BCUT2D eigenvalue weighted by atomic mass is 10.2. The zero-order valence-corrected chi connectivity index (χ0v) is 9.76.